The van der Waals surface area contributed by atoms with Crippen LogP contribution in [-0.4, -0.2) is 35.0 Å². The number of carbonyl (C=O) groups excluding carboxylic acids is 2. The van der Waals surface area contributed by atoms with Gasteiger partial charge in [-0.1, -0.05) is 42.5 Å². The summed E-state index contributed by atoms with van der Waals surface area (Å²) in [5.41, 5.74) is 3.35. The van der Waals surface area contributed by atoms with Crippen molar-refractivity contribution in [1.29, 1.82) is 0 Å². The summed E-state index contributed by atoms with van der Waals surface area (Å²) >= 11 is 0. The van der Waals surface area contributed by atoms with E-state index >= 15 is 0 Å². The molecule has 1 heterocycles. The van der Waals surface area contributed by atoms with E-state index in [1.54, 1.807) is 12.1 Å². The van der Waals surface area contributed by atoms with Gasteiger partial charge in [-0.25, -0.2) is 0 Å². The molecule has 35 heavy (non-hydrogen) atoms. The van der Waals surface area contributed by atoms with Crippen molar-refractivity contribution in [3.63, 3.8) is 0 Å². The van der Waals surface area contributed by atoms with Gasteiger partial charge in [0, 0.05) is 30.9 Å². The van der Waals surface area contributed by atoms with Crippen LogP contribution in [0.1, 0.15) is 37.4 Å². The van der Waals surface area contributed by atoms with E-state index in [1.807, 2.05) is 54.6 Å². The highest BCUT2D eigenvalue weighted by atomic mass is 16.3. The predicted molar refractivity (Wildman–Crippen MR) is 138 cm³/mol. The standard InChI is InChI=1S/C29H30N2O4/c1-3-30(4-2)22-13-15-23(16-14-22)31-27(21-11-17-24(32)18-12-21)26(28(34)29(31)35)25(33)19-10-20-8-6-5-7-9-20/h5-9,11-18,27,32,34H,3-4,10,19H2,1-2H3. The molecule has 3 aromatic carbocycles. The summed E-state index contributed by atoms with van der Waals surface area (Å²) in [6.45, 7) is 5.88. The van der Waals surface area contributed by atoms with Gasteiger partial charge in [0.1, 0.15) is 5.75 Å². The number of aryl methyl sites for hydroxylation is 1. The Morgan fingerprint density at radius 2 is 1.51 bits per heavy atom. The van der Waals surface area contributed by atoms with Crippen LogP contribution in [0, 0.1) is 0 Å². The number of rotatable bonds is 9. The highest BCUT2D eigenvalue weighted by molar-refractivity contribution is 6.16. The molecule has 0 radical (unpaired) electrons. The number of nitrogens with zero attached hydrogens (tertiary/aromatic N) is 2. The Labute approximate surface area is 205 Å². The lowest BCUT2D eigenvalue weighted by atomic mass is 9.93. The van der Waals surface area contributed by atoms with Crippen LogP contribution in [0.4, 0.5) is 11.4 Å². The molecule has 0 saturated heterocycles. The third-order valence-corrected chi connectivity index (χ3v) is 6.46. The number of aliphatic hydroxyl groups excluding tert-OH is 1. The number of amides is 1. The minimum Gasteiger partial charge on any atom is -0.508 e. The molecule has 1 aliphatic heterocycles. The third-order valence-electron chi connectivity index (χ3n) is 6.46. The van der Waals surface area contributed by atoms with Crippen molar-refractivity contribution in [3.05, 3.63) is 101 Å². The molecule has 2 N–H and O–H groups in total. The van der Waals surface area contributed by atoms with Gasteiger partial charge < -0.3 is 15.1 Å². The summed E-state index contributed by atoms with van der Waals surface area (Å²) < 4.78 is 0. The molecule has 0 spiro atoms. The van der Waals surface area contributed by atoms with Crippen LogP contribution in [0.15, 0.2) is 90.2 Å². The average Bonchev–Trinajstić information content (AvgIpc) is 3.15. The van der Waals surface area contributed by atoms with Crippen molar-refractivity contribution in [3.8, 4) is 5.75 Å². The number of phenolic OH excluding ortho intramolecular Hbond substituents is 1. The van der Waals surface area contributed by atoms with Gasteiger partial charge in [0.2, 0.25) is 0 Å². The van der Waals surface area contributed by atoms with Crippen LogP contribution < -0.4 is 9.80 Å². The molecule has 1 aliphatic rings. The first-order chi connectivity index (χ1) is 16.9. The molecular weight excluding hydrogens is 440 g/mol. The van der Waals surface area contributed by atoms with Gasteiger partial charge >= 0.3 is 0 Å². The van der Waals surface area contributed by atoms with Crippen molar-refractivity contribution in [1.82, 2.24) is 0 Å². The van der Waals surface area contributed by atoms with E-state index in [0.717, 1.165) is 24.3 Å². The zero-order chi connectivity index (χ0) is 24.9. The summed E-state index contributed by atoms with van der Waals surface area (Å²) in [4.78, 5) is 30.3. The summed E-state index contributed by atoms with van der Waals surface area (Å²) in [6, 6.07) is 22.8. The molecule has 0 fully saturated rings. The highest BCUT2D eigenvalue weighted by Crippen LogP contribution is 2.42. The second-order valence-electron chi connectivity index (χ2n) is 8.53. The molecule has 180 valence electrons. The van der Waals surface area contributed by atoms with Crippen LogP contribution in [0.25, 0.3) is 0 Å². The maximum atomic E-state index is 13.4. The maximum Gasteiger partial charge on any atom is 0.294 e. The zero-order valence-corrected chi connectivity index (χ0v) is 20.0. The number of carbonyl (C=O) groups is 2. The lowest BCUT2D eigenvalue weighted by Gasteiger charge is -2.28. The summed E-state index contributed by atoms with van der Waals surface area (Å²) in [5.74, 6) is -1.32. The highest BCUT2D eigenvalue weighted by Gasteiger charge is 2.44. The molecule has 0 saturated carbocycles. The van der Waals surface area contributed by atoms with Gasteiger partial charge in [-0.15, -0.1) is 0 Å². The molecule has 6 heteroatoms. The Balaban J connectivity index is 1.70. The molecule has 4 rings (SSSR count). The number of benzene rings is 3. The summed E-state index contributed by atoms with van der Waals surface area (Å²) in [7, 11) is 0. The normalized spacial score (nSPS) is 15.5. The largest absolute Gasteiger partial charge is 0.508 e. The SMILES string of the molecule is CCN(CC)c1ccc(N2C(=O)C(O)=C(C(=O)CCc3ccccc3)C2c2ccc(O)cc2)cc1. The minimum absolute atomic E-state index is 0.0818. The molecule has 6 nitrogen and oxygen atoms in total. The van der Waals surface area contributed by atoms with Crippen molar-refractivity contribution >= 4 is 23.1 Å². The van der Waals surface area contributed by atoms with Gasteiger partial charge in [0.25, 0.3) is 5.91 Å². The number of ketones is 1. The number of hydrogen-bond acceptors (Lipinski definition) is 5. The maximum absolute atomic E-state index is 13.4. The topological polar surface area (TPSA) is 81.1 Å². The molecule has 1 amide bonds. The van der Waals surface area contributed by atoms with Crippen LogP contribution >= 0.6 is 0 Å². The van der Waals surface area contributed by atoms with Crippen LogP contribution in [0.5, 0.6) is 5.75 Å². The van der Waals surface area contributed by atoms with Crippen LogP contribution in [-0.2, 0) is 16.0 Å². The Kier molecular flexibility index (Phi) is 7.20. The summed E-state index contributed by atoms with van der Waals surface area (Å²) in [6.07, 6.45) is 0.672. The van der Waals surface area contributed by atoms with Crippen molar-refractivity contribution in [2.45, 2.75) is 32.7 Å². The first kappa shape index (κ1) is 24.1. The number of Topliss-reactive ketones (excluding diaryl/α,β-unsaturated/α-hetero) is 1. The number of anilines is 2. The molecule has 0 aliphatic carbocycles. The fourth-order valence-corrected chi connectivity index (χ4v) is 4.58. The zero-order valence-electron chi connectivity index (χ0n) is 20.0. The number of phenols is 1. The van der Waals surface area contributed by atoms with E-state index in [-0.39, 0.29) is 23.5 Å². The smallest absolute Gasteiger partial charge is 0.294 e. The van der Waals surface area contributed by atoms with Crippen molar-refractivity contribution in [2.75, 3.05) is 22.9 Å². The second kappa shape index (κ2) is 10.5. The van der Waals surface area contributed by atoms with Crippen molar-refractivity contribution in [2.24, 2.45) is 0 Å². The van der Waals surface area contributed by atoms with E-state index < -0.39 is 17.7 Å². The minimum atomic E-state index is -0.786. The van der Waals surface area contributed by atoms with E-state index in [4.69, 9.17) is 0 Å². The third kappa shape index (κ3) is 4.92. The van der Waals surface area contributed by atoms with Gasteiger partial charge in [0.15, 0.2) is 11.5 Å². The average molecular weight is 471 g/mol. The molecule has 0 bridgehead atoms. The molecular formula is C29H30N2O4. The van der Waals surface area contributed by atoms with Crippen LogP contribution in [0.2, 0.25) is 0 Å². The Hall–Kier alpha value is -4.06. The van der Waals surface area contributed by atoms with Gasteiger partial charge in [-0.2, -0.15) is 0 Å². The first-order valence-electron chi connectivity index (χ1n) is 11.9. The lowest BCUT2D eigenvalue weighted by Crippen LogP contribution is -2.31. The lowest BCUT2D eigenvalue weighted by molar-refractivity contribution is -0.118. The van der Waals surface area contributed by atoms with Gasteiger partial charge in [-0.05, 0) is 67.8 Å². The second-order valence-corrected chi connectivity index (χ2v) is 8.53. The Morgan fingerprint density at radius 1 is 0.886 bits per heavy atom. The van der Waals surface area contributed by atoms with Crippen molar-refractivity contribution < 1.29 is 19.8 Å². The Morgan fingerprint density at radius 3 is 2.11 bits per heavy atom. The van der Waals surface area contributed by atoms with E-state index in [1.165, 1.54) is 17.0 Å². The fourth-order valence-electron chi connectivity index (χ4n) is 4.58. The Bertz CT molecular complexity index is 1210. The molecule has 0 aromatic heterocycles. The van der Waals surface area contributed by atoms with E-state index in [2.05, 4.69) is 18.7 Å². The summed E-state index contributed by atoms with van der Waals surface area (Å²) in [5, 5.41) is 20.7. The number of hydrogen-bond donors (Lipinski definition) is 2. The first-order valence-corrected chi connectivity index (χ1v) is 11.9. The number of aromatic hydroxyl groups is 1. The van der Waals surface area contributed by atoms with Gasteiger partial charge in [-0.3, -0.25) is 14.5 Å². The number of aliphatic hydroxyl groups is 1. The monoisotopic (exact) mass is 470 g/mol. The molecule has 3 aromatic rings. The van der Waals surface area contributed by atoms with E-state index in [0.29, 0.717) is 17.7 Å². The molecule has 1 unspecified atom stereocenters. The quantitative estimate of drug-likeness (QED) is 0.441. The predicted octanol–water partition coefficient (Wildman–Crippen LogP) is 5.34. The van der Waals surface area contributed by atoms with E-state index in [9.17, 15) is 19.8 Å². The molecule has 1 atom stereocenters. The van der Waals surface area contributed by atoms with Crippen LogP contribution in [0.3, 0.4) is 0 Å². The fraction of sp³-hybridized carbons (Fsp3) is 0.241. The van der Waals surface area contributed by atoms with Gasteiger partial charge in [0.05, 0.1) is 11.6 Å².